The summed E-state index contributed by atoms with van der Waals surface area (Å²) in [7, 11) is 0. The number of rotatable bonds is 3. The summed E-state index contributed by atoms with van der Waals surface area (Å²) < 4.78 is 19.4. The monoisotopic (exact) mass is 289 g/mol. The van der Waals surface area contributed by atoms with Crippen molar-refractivity contribution in [3.8, 4) is 11.6 Å². The maximum atomic E-state index is 13.8. The lowest BCUT2D eigenvalue weighted by molar-refractivity contribution is 0.318. The number of aryl methyl sites for hydroxylation is 3. The molecule has 1 aromatic heterocycles. The molecule has 0 saturated carbocycles. The van der Waals surface area contributed by atoms with Crippen molar-refractivity contribution >= 4 is 5.84 Å². The predicted octanol–water partition coefficient (Wildman–Crippen LogP) is 3.03. The van der Waals surface area contributed by atoms with Crippen LogP contribution in [0.2, 0.25) is 0 Å². The Hall–Kier alpha value is -2.63. The zero-order valence-corrected chi connectivity index (χ0v) is 12.0. The summed E-state index contributed by atoms with van der Waals surface area (Å²) in [6, 6.07) is 6.29. The topological polar surface area (TPSA) is 80.7 Å². The minimum Gasteiger partial charge on any atom is -0.435 e. The van der Waals surface area contributed by atoms with Gasteiger partial charge in [-0.2, -0.15) is 0 Å². The van der Waals surface area contributed by atoms with E-state index in [-0.39, 0.29) is 17.5 Å². The number of hydrogen-bond acceptors (Lipinski definition) is 4. The van der Waals surface area contributed by atoms with Crippen molar-refractivity contribution in [2.45, 2.75) is 20.8 Å². The first kappa shape index (κ1) is 14.8. The molecule has 0 aliphatic rings. The van der Waals surface area contributed by atoms with E-state index >= 15 is 0 Å². The first-order valence-corrected chi connectivity index (χ1v) is 6.32. The summed E-state index contributed by atoms with van der Waals surface area (Å²) in [6.45, 7) is 5.38. The zero-order valence-electron chi connectivity index (χ0n) is 12.0. The third-order valence-corrected chi connectivity index (χ3v) is 2.97. The number of hydrogen-bond donors (Lipinski definition) is 2. The average Bonchev–Trinajstić information content (AvgIpc) is 2.41. The SMILES string of the molecule is Cc1ccc(F)c(Oc2nc(C)cc(C)c2C(N)=NO)c1. The second-order valence-corrected chi connectivity index (χ2v) is 4.78. The first-order valence-electron chi connectivity index (χ1n) is 6.32. The third kappa shape index (κ3) is 3.10. The summed E-state index contributed by atoms with van der Waals surface area (Å²) in [4.78, 5) is 4.21. The van der Waals surface area contributed by atoms with Crippen LogP contribution in [0, 0.1) is 26.6 Å². The van der Waals surface area contributed by atoms with E-state index in [2.05, 4.69) is 10.1 Å². The Kier molecular flexibility index (Phi) is 4.07. The van der Waals surface area contributed by atoms with Gasteiger partial charge in [-0.15, -0.1) is 0 Å². The average molecular weight is 289 g/mol. The number of nitrogens with two attached hydrogens (primary N) is 1. The van der Waals surface area contributed by atoms with Crippen molar-refractivity contribution in [3.05, 3.63) is 52.5 Å². The molecule has 0 fully saturated rings. The molecule has 0 amide bonds. The van der Waals surface area contributed by atoms with E-state index in [1.165, 1.54) is 6.07 Å². The highest BCUT2D eigenvalue weighted by Crippen LogP contribution is 2.28. The molecule has 0 saturated heterocycles. The standard InChI is InChI=1S/C15H16FN3O2/c1-8-4-5-11(16)12(6-8)21-15-13(14(17)19-20)9(2)7-10(3)18-15/h4-7,20H,1-3H3,(H2,17,19). The van der Waals surface area contributed by atoms with Crippen LogP contribution in [0.15, 0.2) is 29.4 Å². The molecular formula is C15H16FN3O2. The van der Waals surface area contributed by atoms with Crippen LogP contribution < -0.4 is 10.5 Å². The number of benzene rings is 1. The lowest BCUT2D eigenvalue weighted by Gasteiger charge is -2.13. The van der Waals surface area contributed by atoms with Gasteiger partial charge in [-0.1, -0.05) is 11.2 Å². The molecule has 5 nitrogen and oxygen atoms in total. The van der Waals surface area contributed by atoms with Crippen molar-refractivity contribution in [1.82, 2.24) is 4.98 Å². The Morgan fingerprint density at radius 3 is 2.67 bits per heavy atom. The van der Waals surface area contributed by atoms with Gasteiger partial charge in [0.2, 0.25) is 5.88 Å². The largest absolute Gasteiger partial charge is 0.435 e. The lowest BCUT2D eigenvalue weighted by Crippen LogP contribution is -2.17. The van der Waals surface area contributed by atoms with E-state index in [0.29, 0.717) is 11.3 Å². The van der Waals surface area contributed by atoms with E-state index < -0.39 is 5.82 Å². The van der Waals surface area contributed by atoms with Gasteiger partial charge in [0.1, 0.15) is 0 Å². The van der Waals surface area contributed by atoms with Crippen LogP contribution in [-0.4, -0.2) is 16.0 Å². The Bertz CT molecular complexity index is 714. The molecule has 2 aromatic rings. The predicted molar refractivity (Wildman–Crippen MR) is 77.4 cm³/mol. The van der Waals surface area contributed by atoms with Gasteiger partial charge in [0.05, 0.1) is 5.56 Å². The summed E-state index contributed by atoms with van der Waals surface area (Å²) in [5, 5.41) is 11.8. The number of halogens is 1. The minimum absolute atomic E-state index is 0.0412. The Morgan fingerprint density at radius 1 is 1.29 bits per heavy atom. The fourth-order valence-electron chi connectivity index (χ4n) is 2.03. The van der Waals surface area contributed by atoms with Crippen molar-refractivity contribution in [2.75, 3.05) is 0 Å². The zero-order chi connectivity index (χ0) is 15.6. The van der Waals surface area contributed by atoms with Gasteiger partial charge < -0.3 is 15.7 Å². The highest BCUT2D eigenvalue weighted by molar-refractivity contribution is 6.00. The van der Waals surface area contributed by atoms with Crippen LogP contribution in [-0.2, 0) is 0 Å². The van der Waals surface area contributed by atoms with Crippen LogP contribution in [0.4, 0.5) is 4.39 Å². The molecule has 6 heteroatoms. The van der Waals surface area contributed by atoms with Crippen molar-refractivity contribution < 1.29 is 14.3 Å². The van der Waals surface area contributed by atoms with Gasteiger partial charge >= 0.3 is 0 Å². The van der Waals surface area contributed by atoms with Crippen molar-refractivity contribution in [3.63, 3.8) is 0 Å². The second kappa shape index (κ2) is 5.78. The molecule has 1 heterocycles. The molecule has 0 atom stereocenters. The molecule has 0 aliphatic carbocycles. The molecule has 0 aliphatic heterocycles. The lowest BCUT2D eigenvalue weighted by atomic mass is 10.1. The molecule has 3 N–H and O–H groups in total. The minimum atomic E-state index is -0.507. The van der Waals surface area contributed by atoms with Crippen molar-refractivity contribution in [2.24, 2.45) is 10.9 Å². The van der Waals surface area contributed by atoms with Crippen LogP contribution in [0.1, 0.15) is 22.4 Å². The summed E-state index contributed by atoms with van der Waals surface area (Å²) in [6.07, 6.45) is 0. The molecule has 0 spiro atoms. The highest BCUT2D eigenvalue weighted by Gasteiger charge is 2.17. The van der Waals surface area contributed by atoms with Gasteiger partial charge in [0.15, 0.2) is 17.4 Å². The number of nitrogens with zero attached hydrogens (tertiary/aromatic N) is 2. The van der Waals surface area contributed by atoms with E-state index in [9.17, 15) is 4.39 Å². The quantitative estimate of drug-likeness (QED) is 0.394. The molecule has 110 valence electrons. The summed E-state index contributed by atoms with van der Waals surface area (Å²) >= 11 is 0. The summed E-state index contributed by atoms with van der Waals surface area (Å²) in [5.41, 5.74) is 8.25. The van der Waals surface area contributed by atoms with Gasteiger partial charge in [-0.3, -0.25) is 0 Å². The van der Waals surface area contributed by atoms with E-state index in [0.717, 1.165) is 11.1 Å². The molecule has 1 aromatic carbocycles. The number of amidine groups is 1. The number of oxime groups is 1. The normalized spacial score (nSPS) is 11.5. The first-order chi connectivity index (χ1) is 9.92. The smallest absolute Gasteiger partial charge is 0.231 e. The Morgan fingerprint density at radius 2 is 2.00 bits per heavy atom. The Balaban J connectivity index is 2.55. The molecule has 0 radical (unpaired) electrons. The van der Waals surface area contributed by atoms with E-state index in [4.69, 9.17) is 15.7 Å². The number of pyridine rings is 1. The van der Waals surface area contributed by atoms with Crippen molar-refractivity contribution in [1.29, 1.82) is 0 Å². The van der Waals surface area contributed by atoms with Gasteiger partial charge in [-0.05, 0) is 50.1 Å². The van der Waals surface area contributed by atoms with Crippen LogP contribution in [0.5, 0.6) is 11.6 Å². The molecular weight excluding hydrogens is 273 g/mol. The maximum absolute atomic E-state index is 13.8. The third-order valence-electron chi connectivity index (χ3n) is 2.97. The molecule has 0 bridgehead atoms. The Labute approximate surface area is 121 Å². The number of ether oxygens (including phenoxy) is 1. The molecule has 21 heavy (non-hydrogen) atoms. The highest BCUT2D eigenvalue weighted by atomic mass is 19.1. The van der Waals surface area contributed by atoms with Crippen LogP contribution in [0.25, 0.3) is 0 Å². The van der Waals surface area contributed by atoms with Gasteiger partial charge in [0, 0.05) is 5.69 Å². The van der Waals surface area contributed by atoms with Crippen LogP contribution in [0.3, 0.4) is 0 Å². The van der Waals surface area contributed by atoms with Crippen LogP contribution >= 0.6 is 0 Å². The molecule has 0 unspecified atom stereocenters. The fraction of sp³-hybridized carbons (Fsp3) is 0.200. The summed E-state index contributed by atoms with van der Waals surface area (Å²) in [5.74, 6) is -0.498. The van der Waals surface area contributed by atoms with Gasteiger partial charge in [0.25, 0.3) is 0 Å². The van der Waals surface area contributed by atoms with E-state index in [1.807, 2.05) is 6.92 Å². The number of aromatic nitrogens is 1. The fourth-order valence-corrected chi connectivity index (χ4v) is 2.03. The second-order valence-electron chi connectivity index (χ2n) is 4.78. The van der Waals surface area contributed by atoms with E-state index in [1.54, 1.807) is 32.0 Å². The molecule has 2 rings (SSSR count). The van der Waals surface area contributed by atoms with Gasteiger partial charge in [-0.25, -0.2) is 9.37 Å². The maximum Gasteiger partial charge on any atom is 0.231 e.